The van der Waals surface area contributed by atoms with Crippen LogP contribution in [0.4, 0.5) is 0 Å². The van der Waals surface area contributed by atoms with Crippen molar-refractivity contribution in [1.29, 1.82) is 0 Å². The maximum Gasteiger partial charge on any atom is 0.259 e. The summed E-state index contributed by atoms with van der Waals surface area (Å²) in [4.78, 5) is 15.6. The first kappa shape index (κ1) is 11.5. The lowest BCUT2D eigenvalue weighted by Gasteiger charge is -1.92. The first-order valence-corrected chi connectivity index (χ1v) is 6.65. The maximum absolute atomic E-state index is 11.4. The van der Waals surface area contributed by atoms with E-state index in [0.29, 0.717) is 21.8 Å². The Kier molecular flexibility index (Phi) is 2.93. The number of aromatic nitrogens is 3. The zero-order chi connectivity index (χ0) is 12.5. The Bertz CT molecular complexity index is 633. The van der Waals surface area contributed by atoms with Crippen LogP contribution >= 0.6 is 23.4 Å². The topological polar surface area (TPSA) is 47.8 Å². The molecule has 0 spiro atoms. The van der Waals surface area contributed by atoms with Gasteiger partial charge in [0.15, 0.2) is 11.0 Å². The summed E-state index contributed by atoms with van der Waals surface area (Å²) in [5.41, 5.74) is 1.01. The van der Waals surface area contributed by atoms with Gasteiger partial charge < -0.3 is 0 Å². The van der Waals surface area contributed by atoms with E-state index in [4.69, 9.17) is 11.6 Å². The number of nitrogens with zero attached hydrogens (tertiary/aromatic N) is 3. The first-order valence-electron chi connectivity index (χ1n) is 5.29. The molecule has 1 aromatic carbocycles. The van der Waals surface area contributed by atoms with E-state index in [-0.39, 0.29) is 5.91 Å². The van der Waals surface area contributed by atoms with Gasteiger partial charge in [-0.3, -0.25) is 4.79 Å². The molecule has 1 aliphatic heterocycles. The number of fused-ring (bicyclic) bond motifs is 1. The standard InChI is InChI=1S/C12H8ClN3OS/c13-9-4-1-8(2-5-9)3-6-10-14-12-16(15-10)11(17)7-18-12/h1-6H,7H2/b6-3+. The van der Waals surface area contributed by atoms with Crippen LogP contribution in [-0.4, -0.2) is 26.4 Å². The molecule has 0 bridgehead atoms. The minimum Gasteiger partial charge on any atom is -0.271 e. The van der Waals surface area contributed by atoms with E-state index in [0.717, 1.165) is 5.56 Å². The van der Waals surface area contributed by atoms with Gasteiger partial charge in [-0.25, -0.2) is 4.98 Å². The number of carbonyl (C=O) groups is 1. The lowest BCUT2D eigenvalue weighted by atomic mass is 10.2. The number of hydrogen-bond acceptors (Lipinski definition) is 4. The molecule has 0 saturated carbocycles. The zero-order valence-corrected chi connectivity index (χ0v) is 10.8. The van der Waals surface area contributed by atoms with Crippen LogP contribution in [0.15, 0.2) is 29.4 Å². The average Bonchev–Trinajstić information content (AvgIpc) is 2.91. The van der Waals surface area contributed by atoms with Crippen molar-refractivity contribution >= 4 is 41.4 Å². The summed E-state index contributed by atoms with van der Waals surface area (Å²) in [6, 6.07) is 7.45. The third-order valence-corrected chi connectivity index (χ3v) is 3.62. The lowest BCUT2D eigenvalue weighted by molar-refractivity contribution is 0.0923. The molecule has 0 fully saturated rings. The van der Waals surface area contributed by atoms with Crippen molar-refractivity contribution in [2.75, 3.05) is 5.75 Å². The molecular weight excluding hydrogens is 270 g/mol. The second-order valence-electron chi connectivity index (χ2n) is 3.73. The van der Waals surface area contributed by atoms with E-state index >= 15 is 0 Å². The molecule has 0 N–H and O–H groups in total. The Hall–Kier alpha value is -1.59. The van der Waals surface area contributed by atoms with Crippen LogP contribution in [0.25, 0.3) is 12.2 Å². The highest BCUT2D eigenvalue weighted by atomic mass is 35.5. The van der Waals surface area contributed by atoms with Crippen molar-refractivity contribution in [3.05, 3.63) is 40.7 Å². The molecule has 2 heterocycles. The minimum absolute atomic E-state index is 0.0198. The molecule has 0 atom stereocenters. The van der Waals surface area contributed by atoms with Gasteiger partial charge in [0, 0.05) is 5.02 Å². The fourth-order valence-corrected chi connectivity index (χ4v) is 2.50. The van der Waals surface area contributed by atoms with Crippen molar-refractivity contribution in [2.45, 2.75) is 5.16 Å². The second-order valence-corrected chi connectivity index (χ2v) is 5.11. The number of halogens is 1. The van der Waals surface area contributed by atoms with Crippen LogP contribution in [0.1, 0.15) is 16.2 Å². The largest absolute Gasteiger partial charge is 0.271 e. The molecule has 4 nitrogen and oxygen atoms in total. The van der Waals surface area contributed by atoms with Gasteiger partial charge in [-0.15, -0.1) is 5.10 Å². The highest BCUT2D eigenvalue weighted by molar-refractivity contribution is 8.00. The third kappa shape index (κ3) is 2.19. The van der Waals surface area contributed by atoms with Crippen molar-refractivity contribution in [2.24, 2.45) is 0 Å². The van der Waals surface area contributed by atoms with Crippen molar-refractivity contribution in [1.82, 2.24) is 14.8 Å². The van der Waals surface area contributed by atoms with E-state index in [1.165, 1.54) is 16.4 Å². The quantitative estimate of drug-likeness (QED) is 0.847. The van der Waals surface area contributed by atoms with Crippen LogP contribution < -0.4 is 0 Å². The second kappa shape index (κ2) is 4.59. The minimum atomic E-state index is -0.0198. The Morgan fingerprint density at radius 1 is 1.28 bits per heavy atom. The summed E-state index contributed by atoms with van der Waals surface area (Å²) >= 11 is 7.21. The summed E-state index contributed by atoms with van der Waals surface area (Å²) in [5.74, 6) is 0.949. The number of benzene rings is 1. The number of thioether (sulfide) groups is 1. The van der Waals surface area contributed by atoms with E-state index in [2.05, 4.69) is 10.1 Å². The smallest absolute Gasteiger partial charge is 0.259 e. The summed E-state index contributed by atoms with van der Waals surface area (Å²) in [5, 5.41) is 5.49. The SMILES string of the molecule is O=C1CSc2nc(/C=C/c3ccc(Cl)cc3)nn21. The van der Waals surface area contributed by atoms with Gasteiger partial charge in [0.2, 0.25) is 0 Å². The first-order chi connectivity index (χ1) is 8.72. The molecule has 1 aromatic heterocycles. The van der Waals surface area contributed by atoms with Crippen molar-refractivity contribution < 1.29 is 4.79 Å². The molecule has 0 amide bonds. The number of carbonyl (C=O) groups excluding carboxylic acids is 1. The van der Waals surface area contributed by atoms with Crippen molar-refractivity contribution in [3.8, 4) is 0 Å². The van der Waals surface area contributed by atoms with Crippen LogP contribution in [0.2, 0.25) is 5.02 Å². The summed E-state index contributed by atoms with van der Waals surface area (Å²) < 4.78 is 1.35. The van der Waals surface area contributed by atoms with Gasteiger partial charge in [-0.05, 0) is 23.8 Å². The molecule has 3 rings (SSSR count). The van der Waals surface area contributed by atoms with E-state index < -0.39 is 0 Å². The maximum atomic E-state index is 11.4. The fourth-order valence-electron chi connectivity index (χ4n) is 1.57. The highest BCUT2D eigenvalue weighted by Crippen LogP contribution is 2.23. The van der Waals surface area contributed by atoms with Crippen LogP contribution in [0, 0.1) is 0 Å². The molecule has 90 valence electrons. The average molecular weight is 278 g/mol. The molecule has 18 heavy (non-hydrogen) atoms. The van der Waals surface area contributed by atoms with Crippen LogP contribution in [0.5, 0.6) is 0 Å². The van der Waals surface area contributed by atoms with E-state index in [1.54, 1.807) is 6.08 Å². The highest BCUT2D eigenvalue weighted by Gasteiger charge is 2.22. The van der Waals surface area contributed by atoms with Gasteiger partial charge in [0.25, 0.3) is 5.91 Å². The zero-order valence-electron chi connectivity index (χ0n) is 9.21. The molecule has 0 unspecified atom stereocenters. The fraction of sp³-hybridized carbons (Fsp3) is 0.0833. The summed E-state index contributed by atoms with van der Waals surface area (Å²) in [6.45, 7) is 0. The molecule has 0 radical (unpaired) electrons. The molecule has 0 saturated heterocycles. The Labute approximate surface area is 113 Å². The van der Waals surface area contributed by atoms with Gasteiger partial charge >= 0.3 is 0 Å². The van der Waals surface area contributed by atoms with E-state index in [9.17, 15) is 4.79 Å². The van der Waals surface area contributed by atoms with Crippen LogP contribution in [-0.2, 0) is 0 Å². The van der Waals surface area contributed by atoms with Gasteiger partial charge in [-0.1, -0.05) is 41.6 Å². The number of rotatable bonds is 2. The molecular formula is C12H8ClN3OS. The monoisotopic (exact) mass is 277 g/mol. The Morgan fingerprint density at radius 2 is 2.06 bits per heavy atom. The van der Waals surface area contributed by atoms with Gasteiger partial charge in [0.05, 0.1) is 5.75 Å². The van der Waals surface area contributed by atoms with E-state index in [1.807, 2.05) is 30.3 Å². The molecule has 0 aliphatic carbocycles. The molecule has 2 aromatic rings. The third-order valence-electron chi connectivity index (χ3n) is 2.45. The summed E-state index contributed by atoms with van der Waals surface area (Å²) in [7, 11) is 0. The summed E-state index contributed by atoms with van der Waals surface area (Å²) in [6.07, 6.45) is 3.67. The lowest BCUT2D eigenvalue weighted by Crippen LogP contribution is -2.08. The molecule has 1 aliphatic rings. The van der Waals surface area contributed by atoms with Crippen LogP contribution in [0.3, 0.4) is 0 Å². The molecule has 6 heteroatoms. The van der Waals surface area contributed by atoms with Gasteiger partial charge in [0.1, 0.15) is 0 Å². The van der Waals surface area contributed by atoms with Crippen molar-refractivity contribution in [3.63, 3.8) is 0 Å². The predicted octanol–water partition coefficient (Wildman–Crippen LogP) is 2.85. The number of hydrogen-bond donors (Lipinski definition) is 0. The Morgan fingerprint density at radius 3 is 2.78 bits per heavy atom. The Balaban J connectivity index is 1.82. The van der Waals surface area contributed by atoms with Gasteiger partial charge in [-0.2, -0.15) is 4.68 Å². The predicted molar refractivity (Wildman–Crippen MR) is 71.8 cm³/mol. The normalized spacial score (nSPS) is 14.4.